The molecule has 0 bridgehead atoms. The second kappa shape index (κ2) is 5.84. The SMILES string of the molecule is NC(=O)C1CCCN(Cc2cccc(C(=O)O)c2)C1. The molecule has 5 nitrogen and oxygen atoms in total. The molecule has 1 atom stereocenters. The van der Waals surface area contributed by atoms with Gasteiger partial charge < -0.3 is 10.8 Å². The molecule has 3 N–H and O–H groups in total. The third-order valence-corrected chi connectivity index (χ3v) is 3.49. The average Bonchev–Trinajstić information content (AvgIpc) is 2.39. The molecule has 2 rings (SSSR count). The lowest BCUT2D eigenvalue weighted by molar-refractivity contribution is -0.123. The second-order valence-corrected chi connectivity index (χ2v) is 4.98. The quantitative estimate of drug-likeness (QED) is 0.850. The zero-order chi connectivity index (χ0) is 13.8. The number of piperidine rings is 1. The molecule has 0 saturated carbocycles. The lowest BCUT2D eigenvalue weighted by atomic mass is 9.97. The highest BCUT2D eigenvalue weighted by atomic mass is 16.4. The highest BCUT2D eigenvalue weighted by Crippen LogP contribution is 2.18. The van der Waals surface area contributed by atoms with Crippen LogP contribution in [0.4, 0.5) is 0 Å². The van der Waals surface area contributed by atoms with Gasteiger partial charge in [0.05, 0.1) is 11.5 Å². The van der Waals surface area contributed by atoms with Crippen LogP contribution in [0.1, 0.15) is 28.8 Å². The van der Waals surface area contributed by atoms with Gasteiger partial charge in [-0.3, -0.25) is 9.69 Å². The number of carbonyl (C=O) groups excluding carboxylic acids is 1. The Morgan fingerprint density at radius 3 is 2.89 bits per heavy atom. The largest absolute Gasteiger partial charge is 0.478 e. The Balaban J connectivity index is 2.02. The van der Waals surface area contributed by atoms with Crippen LogP contribution in [0.15, 0.2) is 24.3 Å². The zero-order valence-electron chi connectivity index (χ0n) is 10.7. The number of carboxylic acids is 1. The van der Waals surface area contributed by atoms with Crippen LogP contribution in [-0.2, 0) is 11.3 Å². The van der Waals surface area contributed by atoms with Gasteiger partial charge in [0, 0.05) is 13.1 Å². The lowest BCUT2D eigenvalue weighted by Gasteiger charge is -2.31. The molecule has 102 valence electrons. The highest BCUT2D eigenvalue weighted by molar-refractivity contribution is 5.87. The minimum absolute atomic E-state index is 0.0867. The first kappa shape index (κ1) is 13.5. The molecule has 1 heterocycles. The molecule has 1 unspecified atom stereocenters. The van der Waals surface area contributed by atoms with E-state index in [2.05, 4.69) is 4.90 Å². The van der Waals surface area contributed by atoms with Crippen molar-refractivity contribution in [2.24, 2.45) is 11.7 Å². The Kier molecular flexibility index (Phi) is 4.16. The van der Waals surface area contributed by atoms with E-state index in [1.165, 1.54) is 0 Å². The molecule has 1 fully saturated rings. The minimum atomic E-state index is -0.921. The predicted molar refractivity (Wildman–Crippen MR) is 70.6 cm³/mol. The first-order valence-corrected chi connectivity index (χ1v) is 6.40. The maximum Gasteiger partial charge on any atom is 0.335 e. The van der Waals surface area contributed by atoms with Gasteiger partial charge in [-0.15, -0.1) is 0 Å². The van der Waals surface area contributed by atoms with Crippen LogP contribution in [0.5, 0.6) is 0 Å². The Morgan fingerprint density at radius 2 is 2.21 bits per heavy atom. The van der Waals surface area contributed by atoms with Crippen LogP contribution in [0.25, 0.3) is 0 Å². The van der Waals surface area contributed by atoms with E-state index >= 15 is 0 Å². The summed E-state index contributed by atoms with van der Waals surface area (Å²) in [5.74, 6) is -1.25. The Hall–Kier alpha value is -1.88. The van der Waals surface area contributed by atoms with Gasteiger partial charge in [0.1, 0.15) is 0 Å². The van der Waals surface area contributed by atoms with E-state index in [4.69, 9.17) is 10.8 Å². The number of carbonyl (C=O) groups is 2. The van der Waals surface area contributed by atoms with Gasteiger partial charge in [-0.2, -0.15) is 0 Å². The maximum absolute atomic E-state index is 11.2. The lowest BCUT2D eigenvalue weighted by Crippen LogP contribution is -2.40. The van der Waals surface area contributed by atoms with E-state index < -0.39 is 5.97 Å². The molecule has 5 heteroatoms. The van der Waals surface area contributed by atoms with E-state index in [1.807, 2.05) is 6.07 Å². The smallest absolute Gasteiger partial charge is 0.335 e. The summed E-state index contributed by atoms with van der Waals surface area (Å²) in [6.07, 6.45) is 1.80. The molecular formula is C14H18N2O3. The Bertz CT molecular complexity index is 487. The first-order valence-electron chi connectivity index (χ1n) is 6.40. The number of hydrogen-bond donors (Lipinski definition) is 2. The van der Waals surface area contributed by atoms with Crippen LogP contribution in [-0.4, -0.2) is 35.0 Å². The summed E-state index contributed by atoms with van der Waals surface area (Å²) in [7, 11) is 0. The third-order valence-electron chi connectivity index (χ3n) is 3.49. The van der Waals surface area contributed by atoms with Gasteiger partial charge in [0.25, 0.3) is 0 Å². The van der Waals surface area contributed by atoms with Crippen molar-refractivity contribution >= 4 is 11.9 Å². The van der Waals surface area contributed by atoms with Crippen molar-refractivity contribution in [3.05, 3.63) is 35.4 Å². The number of benzene rings is 1. The third kappa shape index (κ3) is 3.54. The number of aromatic carboxylic acids is 1. The molecule has 0 spiro atoms. The van der Waals surface area contributed by atoms with Crippen molar-refractivity contribution in [3.63, 3.8) is 0 Å². The monoisotopic (exact) mass is 262 g/mol. The second-order valence-electron chi connectivity index (χ2n) is 4.98. The van der Waals surface area contributed by atoms with Crippen molar-refractivity contribution < 1.29 is 14.7 Å². The molecule has 1 aromatic rings. The van der Waals surface area contributed by atoms with Crippen LogP contribution in [0.2, 0.25) is 0 Å². The number of rotatable bonds is 4. The highest BCUT2D eigenvalue weighted by Gasteiger charge is 2.23. The number of nitrogens with two attached hydrogens (primary N) is 1. The van der Waals surface area contributed by atoms with Crippen LogP contribution < -0.4 is 5.73 Å². The van der Waals surface area contributed by atoms with E-state index in [9.17, 15) is 9.59 Å². The fraction of sp³-hybridized carbons (Fsp3) is 0.429. The Morgan fingerprint density at radius 1 is 1.42 bits per heavy atom. The van der Waals surface area contributed by atoms with E-state index in [0.717, 1.165) is 24.9 Å². The van der Waals surface area contributed by atoms with Gasteiger partial charge >= 0.3 is 5.97 Å². The zero-order valence-corrected chi connectivity index (χ0v) is 10.7. The number of nitrogens with zero attached hydrogens (tertiary/aromatic N) is 1. The van der Waals surface area contributed by atoms with Crippen LogP contribution >= 0.6 is 0 Å². The van der Waals surface area contributed by atoms with Gasteiger partial charge in [-0.25, -0.2) is 4.79 Å². The molecule has 0 aromatic heterocycles. The summed E-state index contributed by atoms with van der Waals surface area (Å²) in [6.45, 7) is 2.23. The molecule has 1 aromatic carbocycles. The van der Waals surface area contributed by atoms with Crippen molar-refractivity contribution in [1.82, 2.24) is 4.90 Å². The normalized spacial score (nSPS) is 20.1. The summed E-state index contributed by atoms with van der Waals surface area (Å²) < 4.78 is 0. The van der Waals surface area contributed by atoms with Crippen molar-refractivity contribution in [2.45, 2.75) is 19.4 Å². The van der Waals surface area contributed by atoms with Crippen molar-refractivity contribution in [3.8, 4) is 0 Å². The minimum Gasteiger partial charge on any atom is -0.478 e. The first-order chi connectivity index (χ1) is 9.06. The fourth-order valence-electron chi connectivity index (χ4n) is 2.49. The van der Waals surface area contributed by atoms with Gasteiger partial charge in [0.2, 0.25) is 5.91 Å². The van der Waals surface area contributed by atoms with E-state index in [0.29, 0.717) is 18.7 Å². The standard InChI is InChI=1S/C14H18N2O3/c15-13(17)12-5-2-6-16(9-12)8-10-3-1-4-11(7-10)14(18)19/h1,3-4,7,12H,2,5-6,8-9H2,(H2,15,17)(H,18,19). The van der Waals surface area contributed by atoms with E-state index in [-0.39, 0.29) is 11.8 Å². The van der Waals surface area contributed by atoms with Crippen molar-refractivity contribution in [2.75, 3.05) is 13.1 Å². The van der Waals surface area contributed by atoms with Gasteiger partial charge in [-0.1, -0.05) is 12.1 Å². The topological polar surface area (TPSA) is 83.6 Å². The molecule has 1 aliphatic heterocycles. The Labute approximate surface area is 112 Å². The molecule has 19 heavy (non-hydrogen) atoms. The molecular weight excluding hydrogens is 244 g/mol. The summed E-state index contributed by atoms with van der Waals surface area (Å²) in [6, 6.07) is 6.90. The van der Waals surface area contributed by atoms with Gasteiger partial charge in [-0.05, 0) is 37.1 Å². The number of hydrogen-bond acceptors (Lipinski definition) is 3. The number of carboxylic acid groups (broad SMARTS) is 1. The fourth-order valence-corrected chi connectivity index (χ4v) is 2.49. The predicted octanol–water partition coefficient (Wildman–Crippen LogP) is 1.08. The molecule has 0 radical (unpaired) electrons. The maximum atomic E-state index is 11.2. The average molecular weight is 262 g/mol. The molecule has 1 saturated heterocycles. The van der Waals surface area contributed by atoms with E-state index in [1.54, 1.807) is 18.2 Å². The summed E-state index contributed by atoms with van der Waals surface area (Å²) >= 11 is 0. The van der Waals surface area contributed by atoms with Crippen LogP contribution in [0.3, 0.4) is 0 Å². The summed E-state index contributed by atoms with van der Waals surface area (Å²) in [5.41, 5.74) is 6.58. The number of primary amides is 1. The number of amides is 1. The van der Waals surface area contributed by atoms with Crippen LogP contribution in [0, 0.1) is 5.92 Å². The molecule has 0 aliphatic carbocycles. The molecule has 1 amide bonds. The molecule has 1 aliphatic rings. The van der Waals surface area contributed by atoms with Crippen molar-refractivity contribution in [1.29, 1.82) is 0 Å². The number of likely N-dealkylation sites (tertiary alicyclic amines) is 1. The summed E-state index contributed by atoms with van der Waals surface area (Å²) in [5, 5.41) is 8.96. The van der Waals surface area contributed by atoms with Gasteiger partial charge in [0.15, 0.2) is 0 Å². The summed E-state index contributed by atoms with van der Waals surface area (Å²) in [4.78, 5) is 24.3.